The topological polar surface area (TPSA) is 29.1 Å². The summed E-state index contributed by atoms with van der Waals surface area (Å²) >= 11 is 9.24. The first kappa shape index (κ1) is 12.9. The smallest absolute Gasteiger partial charge is 0.251 e. The van der Waals surface area contributed by atoms with Gasteiger partial charge in [0.1, 0.15) is 0 Å². The third kappa shape index (κ3) is 4.00. The molecule has 0 spiro atoms. The highest BCUT2D eigenvalue weighted by Gasteiger charge is 2.20. The Bertz CT molecular complexity index is 418. The second-order valence-corrected chi connectivity index (χ2v) is 5.73. The predicted molar refractivity (Wildman–Crippen MR) is 73.4 cm³/mol. The lowest BCUT2D eigenvalue weighted by Crippen LogP contribution is -2.24. The number of carbonyl (C=O) groups excluding carboxylic acids is 1. The summed E-state index contributed by atoms with van der Waals surface area (Å²) in [4.78, 5) is 11.8. The highest BCUT2D eigenvalue weighted by atomic mass is 79.9. The monoisotopic (exact) mass is 315 g/mol. The minimum absolute atomic E-state index is 0.0461. The lowest BCUT2D eigenvalue weighted by Gasteiger charge is -2.05. The summed E-state index contributed by atoms with van der Waals surface area (Å²) < 4.78 is 0.810. The summed E-state index contributed by atoms with van der Waals surface area (Å²) in [6.07, 6.45) is 5.05. The van der Waals surface area contributed by atoms with Crippen molar-refractivity contribution in [3.8, 4) is 0 Å². The highest BCUT2D eigenvalue weighted by Crippen LogP contribution is 2.33. The maximum absolute atomic E-state index is 11.8. The molecule has 0 aliphatic heterocycles. The Morgan fingerprint density at radius 2 is 2.24 bits per heavy atom. The van der Waals surface area contributed by atoms with E-state index in [1.54, 1.807) is 18.2 Å². The zero-order valence-corrected chi connectivity index (χ0v) is 11.9. The largest absolute Gasteiger partial charge is 0.352 e. The van der Waals surface area contributed by atoms with E-state index in [0.29, 0.717) is 10.6 Å². The predicted octanol–water partition coefficient (Wildman–Crippen LogP) is 4.02. The van der Waals surface area contributed by atoms with Gasteiger partial charge in [-0.15, -0.1) is 0 Å². The number of amides is 1. The first-order chi connectivity index (χ1) is 8.16. The summed E-state index contributed by atoms with van der Waals surface area (Å²) in [5, 5.41) is 3.48. The zero-order chi connectivity index (χ0) is 12.3. The van der Waals surface area contributed by atoms with Crippen molar-refractivity contribution >= 4 is 33.4 Å². The molecule has 1 amide bonds. The lowest BCUT2D eigenvalue weighted by atomic mass is 10.2. The number of carbonyl (C=O) groups is 1. The van der Waals surface area contributed by atoms with Crippen molar-refractivity contribution in [1.82, 2.24) is 5.32 Å². The SMILES string of the molecule is O=C(NCCCC1CC1)c1ccc(Br)c(Cl)c1. The quantitative estimate of drug-likeness (QED) is 0.817. The normalized spacial score (nSPS) is 14.7. The van der Waals surface area contributed by atoms with Gasteiger partial charge in [0.2, 0.25) is 0 Å². The van der Waals surface area contributed by atoms with Gasteiger partial charge in [0.25, 0.3) is 5.91 Å². The second kappa shape index (κ2) is 5.87. The maximum Gasteiger partial charge on any atom is 0.251 e. The minimum Gasteiger partial charge on any atom is -0.352 e. The van der Waals surface area contributed by atoms with E-state index >= 15 is 0 Å². The van der Waals surface area contributed by atoms with Gasteiger partial charge in [-0.25, -0.2) is 0 Å². The Kier molecular flexibility index (Phi) is 4.46. The molecule has 2 rings (SSSR count). The van der Waals surface area contributed by atoms with Crippen molar-refractivity contribution in [2.45, 2.75) is 25.7 Å². The molecule has 0 atom stereocenters. The molecule has 1 fully saturated rings. The van der Waals surface area contributed by atoms with Gasteiger partial charge in [0.05, 0.1) is 5.02 Å². The van der Waals surface area contributed by atoms with E-state index in [1.165, 1.54) is 19.3 Å². The summed E-state index contributed by atoms with van der Waals surface area (Å²) in [5.74, 6) is 0.879. The second-order valence-electron chi connectivity index (χ2n) is 4.47. The zero-order valence-electron chi connectivity index (χ0n) is 9.51. The van der Waals surface area contributed by atoms with Crippen molar-refractivity contribution in [2.24, 2.45) is 5.92 Å². The average Bonchev–Trinajstić information content (AvgIpc) is 3.12. The van der Waals surface area contributed by atoms with E-state index in [1.807, 2.05) is 0 Å². The van der Waals surface area contributed by atoms with Crippen LogP contribution in [0.4, 0.5) is 0 Å². The van der Waals surface area contributed by atoms with Crippen LogP contribution in [0.3, 0.4) is 0 Å². The van der Waals surface area contributed by atoms with Crippen molar-refractivity contribution in [2.75, 3.05) is 6.54 Å². The summed E-state index contributed by atoms with van der Waals surface area (Å²) in [5.41, 5.74) is 0.615. The third-order valence-corrected chi connectivity index (χ3v) is 4.19. The van der Waals surface area contributed by atoms with Crippen LogP contribution in [0.15, 0.2) is 22.7 Å². The number of hydrogen-bond acceptors (Lipinski definition) is 1. The molecule has 2 nitrogen and oxygen atoms in total. The Hall–Kier alpha value is -0.540. The van der Waals surface area contributed by atoms with Gasteiger partial charge in [0, 0.05) is 16.6 Å². The highest BCUT2D eigenvalue weighted by molar-refractivity contribution is 9.10. The van der Waals surface area contributed by atoms with Gasteiger partial charge in [-0.05, 0) is 52.9 Å². The fraction of sp³-hybridized carbons (Fsp3) is 0.462. The van der Waals surface area contributed by atoms with Crippen molar-refractivity contribution in [3.63, 3.8) is 0 Å². The Morgan fingerprint density at radius 3 is 2.88 bits per heavy atom. The Labute approximate surface area is 115 Å². The van der Waals surface area contributed by atoms with Crippen LogP contribution in [-0.4, -0.2) is 12.5 Å². The van der Waals surface area contributed by atoms with Crippen LogP contribution in [0.2, 0.25) is 5.02 Å². The number of benzene rings is 1. The van der Waals surface area contributed by atoms with Gasteiger partial charge in [-0.1, -0.05) is 24.4 Å². The molecule has 0 bridgehead atoms. The molecule has 0 heterocycles. The van der Waals surface area contributed by atoms with Gasteiger partial charge in [-0.3, -0.25) is 4.79 Å². The van der Waals surface area contributed by atoms with Gasteiger partial charge >= 0.3 is 0 Å². The molecule has 0 aromatic heterocycles. The van der Waals surface area contributed by atoms with E-state index in [-0.39, 0.29) is 5.91 Å². The fourth-order valence-corrected chi connectivity index (χ4v) is 2.17. The van der Waals surface area contributed by atoms with Crippen LogP contribution in [0.25, 0.3) is 0 Å². The van der Waals surface area contributed by atoms with Crippen LogP contribution in [0, 0.1) is 5.92 Å². The summed E-state index contributed by atoms with van der Waals surface area (Å²) in [7, 11) is 0. The molecule has 0 radical (unpaired) electrons. The molecule has 1 aliphatic carbocycles. The molecule has 0 saturated heterocycles. The average molecular weight is 317 g/mol. The lowest BCUT2D eigenvalue weighted by molar-refractivity contribution is 0.0953. The number of rotatable bonds is 5. The summed E-state index contributed by atoms with van der Waals surface area (Å²) in [6, 6.07) is 5.25. The third-order valence-electron chi connectivity index (χ3n) is 2.95. The molecule has 4 heteroatoms. The first-order valence-electron chi connectivity index (χ1n) is 5.90. The van der Waals surface area contributed by atoms with E-state index in [4.69, 9.17) is 11.6 Å². The molecule has 1 saturated carbocycles. The molecular formula is C13H15BrClNO. The molecule has 1 aliphatic rings. The van der Waals surface area contributed by atoms with Crippen LogP contribution in [-0.2, 0) is 0 Å². The molecule has 1 aromatic rings. The Balaban J connectivity index is 1.79. The molecule has 1 aromatic carbocycles. The molecule has 1 N–H and O–H groups in total. The van der Waals surface area contributed by atoms with E-state index in [9.17, 15) is 4.79 Å². The van der Waals surface area contributed by atoms with E-state index in [0.717, 1.165) is 23.4 Å². The minimum atomic E-state index is -0.0461. The van der Waals surface area contributed by atoms with Crippen LogP contribution in [0.5, 0.6) is 0 Å². The number of halogens is 2. The van der Waals surface area contributed by atoms with E-state index in [2.05, 4.69) is 21.2 Å². The fourth-order valence-electron chi connectivity index (χ4n) is 1.74. The Morgan fingerprint density at radius 1 is 1.47 bits per heavy atom. The molecular weight excluding hydrogens is 302 g/mol. The van der Waals surface area contributed by atoms with Crippen LogP contribution in [0.1, 0.15) is 36.0 Å². The van der Waals surface area contributed by atoms with Crippen molar-refractivity contribution in [3.05, 3.63) is 33.3 Å². The number of hydrogen-bond donors (Lipinski definition) is 1. The van der Waals surface area contributed by atoms with Crippen LogP contribution < -0.4 is 5.32 Å². The van der Waals surface area contributed by atoms with Gasteiger partial charge in [0.15, 0.2) is 0 Å². The van der Waals surface area contributed by atoms with Crippen molar-refractivity contribution in [1.29, 1.82) is 0 Å². The molecule has 92 valence electrons. The summed E-state index contributed by atoms with van der Waals surface area (Å²) in [6.45, 7) is 0.753. The maximum atomic E-state index is 11.8. The van der Waals surface area contributed by atoms with Gasteiger partial charge < -0.3 is 5.32 Å². The molecule has 0 unspecified atom stereocenters. The molecule has 17 heavy (non-hydrogen) atoms. The van der Waals surface area contributed by atoms with Gasteiger partial charge in [-0.2, -0.15) is 0 Å². The van der Waals surface area contributed by atoms with Crippen molar-refractivity contribution < 1.29 is 4.79 Å². The first-order valence-corrected chi connectivity index (χ1v) is 7.07. The van der Waals surface area contributed by atoms with Crippen LogP contribution >= 0.6 is 27.5 Å². The number of nitrogens with one attached hydrogen (secondary N) is 1. The standard InChI is InChI=1S/C13H15BrClNO/c14-11-6-5-10(8-12(11)15)13(17)16-7-1-2-9-3-4-9/h5-6,8-9H,1-4,7H2,(H,16,17). The van der Waals surface area contributed by atoms with E-state index < -0.39 is 0 Å².